The molecule has 5 rings (SSSR count). The molecule has 8 nitrogen and oxygen atoms in total. The number of hydrogen-bond acceptors (Lipinski definition) is 6. The molecule has 1 N–H and O–H groups in total. The molecule has 1 aromatic carbocycles. The lowest BCUT2D eigenvalue weighted by Gasteiger charge is -2.18. The van der Waals surface area contributed by atoms with E-state index in [0.717, 1.165) is 11.3 Å². The van der Waals surface area contributed by atoms with Crippen LogP contribution in [0.3, 0.4) is 0 Å². The number of nitrogens with zero attached hydrogens (tertiary/aromatic N) is 3. The van der Waals surface area contributed by atoms with Gasteiger partial charge < -0.3 is 9.84 Å². The van der Waals surface area contributed by atoms with Crippen LogP contribution >= 0.6 is 0 Å². The van der Waals surface area contributed by atoms with Crippen molar-refractivity contribution in [2.45, 2.75) is 19.4 Å². The van der Waals surface area contributed by atoms with Gasteiger partial charge in [-0.25, -0.2) is 4.39 Å². The Bertz CT molecular complexity index is 1030. The smallest absolute Gasteiger partial charge is 0.249 e. The van der Waals surface area contributed by atoms with Crippen LogP contribution in [-0.2, 0) is 14.4 Å². The van der Waals surface area contributed by atoms with Crippen LogP contribution in [0.5, 0.6) is 0 Å². The fraction of sp³-hybridized carbons (Fsp3) is 0.381. The Morgan fingerprint density at radius 2 is 1.83 bits per heavy atom. The first kappa shape index (κ1) is 18.7. The molecule has 5 atom stereocenters. The average Bonchev–Trinajstić information content (AvgIpc) is 3.49. The van der Waals surface area contributed by atoms with Crippen LogP contribution in [0.2, 0.25) is 0 Å². The number of rotatable bonds is 5. The maximum atomic E-state index is 13.1. The number of aromatic nitrogens is 2. The molecule has 0 spiro atoms. The van der Waals surface area contributed by atoms with Crippen molar-refractivity contribution in [1.82, 2.24) is 20.4 Å². The van der Waals surface area contributed by atoms with Gasteiger partial charge in [0.1, 0.15) is 18.4 Å². The van der Waals surface area contributed by atoms with Gasteiger partial charge in [0.2, 0.25) is 29.4 Å². The zero-order valence-electron chi connectivity index (χ0n) is 16.1. The number of carbonyl (C=O) groups excluding carboxylic acids is 3. The third-order valence-corrected chi connectivity index (χ3v) is 6.16. The van der Waals surface area contributed by atoms with E-state index in [2.05, 4.69) is 15.5 Å². The standard InChI is InChI=1S/C21H19FN4O4/c1-10(19-24-18(25-30-19)11-4-6-14(22)7-5-11)23-15(27)9-26-20(28)16-12-2-3-13(8-12)17(16)21(26)29/h2-7,10,12-13,16-17H,8-9H2,1H3,(H,23,27)/t10-,12-,13-,16-,17+/m0/s1. The average molecular weight is 410 g/mol. The van der Waals surface area contributed by atoms with Crippen LogP contribution in [0.25, 0.3) is 11.4 Å². The Hall–Kier alpha value is -3.36. The maximum absolute atomic E-state index is 13.1. The van der Waals surface area contributed by atoms with Gasteiger partial charge in [-0.3, -0.25) is 19.3 Å². The van der Waals surface area contributed by atoms with E-state index in [9.17, 15) is 18.8 Å². The number of carbonyl (C=O) groups is 3. The number of amides is 3. The summed E-state index contributed by atoms with van der Waals surface area (Å²) in [7, 11) is 0. The second kappa shape index (κ2) is 6.86. The molecule has 1 aromatic heterocycles. The molecule has 2 bridgehead atoms. The summed E-state index contributed by atoms with van der Waals surface area (Å²) in [5.74, 6) is -1.39. The summed E-state index contributed by atoms with van der Waals surface area (Å²) in [6.45, 7) is 1.33. The van der Waals surface area contributed by atoms with Gasteiger partial charge >= 0.3 is 0 Å². The molecule has 30 heavy (non-hydrogen) atoms. The third kappa shape index (κ3) is 2.92. The molecule has 1 aliphatic heterocycles. The Labute approximate surface area is 171 Å². The van der Waals surface area contributed by atoms with Crippen molar-refractivity contribution < 1.29 is 23.3 Å². The van der Waals surface area contributed by atoms with Gasteiger partial charge in [-0.2, -0.15) is 4.98 Å². The molecule has 2 aromatic rings. The van der Waals surface area contributed by atoms with Gasteiger partial charge in [-0.15, -0.1) is 0 Å². The first-order chi connectivity index (χ1) is 14.4. The lowest BCUT2D eigenvalue weighted by molar-refractivity contribution is -0.144. The van der Waals surface area contributed by atoms with E-state index in [1.165, 1.54) is 24.3 Å². The Balaban J connectivity index is 1.23. The molecule has 2 fully saturated rings. The first-order valence-corrected chi connectivity index (χ1v) is 9.85. The van der Waals surface area contributed by atoms with E-state index in [0.29, 0.717) is 5.56 Å². The summed E-state index contributed by atoms with van der Waals surface area (Å²) >= 11 is 0. The second-order valence-corrected chi connectivity index (χ2v) is 8.01. The summed E-state index contributed by atoms with van der Waals surface area (Å²) in [5, 5.41) is 6.53. The van der Waals surface area contributed by atoms with Crippen molar-refractivity contribution in [3.05, 3.63) is 48.1 Å². The lowest BCUT2D eigenvalue weighted by atomic mass is 9.85. The minimum absolute atomic E-state index is 0.103. The van der Waals surface area contributed by atoms with Crippen LogP contribution < -0.4 is 5.32 Å². The quantitative estimate of drug-likeness (QED) is 0.596. The number of benzene rings is 1. The minimum atomic E-state index is -0.621. The number of likely N-dealkylation sites (tertiary alicyclic amines) is 1. The van der Waals surface area contributed by atoms with Crippen LogP contribution in [0.1, 0.15) is 25.3 Å². The van der Waals surface area contributed by atoms with E-state index in [4.69, 9.17) is 4.52 Å². The molecule has 3 aliphatic rings. The highest BCUT2D eigenvalue weighted by Gasteiger charge is 2.59. The molecular weight excluding hydrogens is 391 g/mol. The highest BCUT2D eigenvalue weighted by molar-refractivity contribution is 6.08. The first-order valence-electron chi connectivity index (χ1n) is 9.85. The van der Waals surface area contributed by atoms with Crippen molar-refractivity contribution in [2.75, 3.05) is 6.54 Å². The van der Waals surface area contributed by atoms with Crippen LogP contribution in [0.4, 0.5) is 4.39 Å². The van der Waals surface area contributed by atoms with Gasteiger partial charge in [-0.1, -0.05) is 17.3 Å². The fourth-order valence-electron chi connectivity index (χ4n) is 4.74. The molecule has 2 heterocycles. The normalized spacial score (nSPS) is 27.6. The van der Waals surface area contributed by atoms with Crippen molar-refractivity contribution in [1.29, 1.82) is 0 Å². The third-order valence-electron chi connectivity index (χ3n) is 6.16. The van der Waals surface area contributed by atoms with E-state index in [1.807, 2.05) is 12.2 Å². The second-order valence-electron chi connectivity index (χ2n) is 8.01. The lowest BCUT2D eigenvalue weighted by Crippen LogP contribution is -2.42. The molecule has 154 valence electrons. The Kier molecular flexibility index (Phi) is 4.27. The molecule has 3 amide bonds. The number of nitrogens with one attached hydrogen (secondary N) is 1. The summed E-state index contributed by atoms with van der Waals surface area (Å²) < 4.78 is 18.3. The van der Waals surface area contributed by atoms with Gasteiger partial charge in [0.25, 0.3) is 0 Å². The summed E-state index contributed by atoms with van der Waals surface area (Å²) in [4.78, 5) is 43.2. The van der Waals surface area contributed by atoms with Crippen LogP contribution in [-0.4, -0.2) is 39.3 Å². The summed E-state index contributed by atoms with van der Waals surface area (Å²) in [5.41, 5.74) is 0.577. The van der Waals surface area contributed by atoms with E-state index < -0.39 is 11.9 Å². The van der Waals surface area contributed by atoms with Crippen LogP contribution in [0.15, 0.2) is 40.9 Å². The van der Waals surface area contributed by atoms with E-state index in [1.54, 1.807) is 6.92 Å². The zero-order valence-corrected chi connectivity index (χ0v) is 16.1. The van der Waals surface area contributed by atoms with Crippen LogP contribution in [0, 0.1) is 29.5 Å². The molecular formula is C21H19FN4O4. The highest BCUT2D eigenvalue weighted by Crippen LogP contribution is 2.52. The van der Waals surface area contributed by atoms with E-state index in [-0.39, 0.29) is 59.6 Å². The van der Waals surface area contributed by atoms with Crippen molar-refractivity contribution in [3.63, 3.8) is 0 Å². The number of allylic oxidation sites excluding steroid dienone is 2. The van der Waals surface area contributed by atoms with Crippen molar-refractivity contribution >= 4 is 17.7 Å². The predicted molar refractivity (Wildman–Crippen MR) is 101 cm³/mol. The maximum Gasteiger partial charge on any atom is 0.249 e. The van der Waals surface area contributed by atoms with Crippen molar-refractivity contribution in [2.24, 2.45) is 23.7 Å². The molecule has 0 unspecified atom stereocenters. The summed E-state index contributed by atoms with van der Waals surface area (Å²) in [6, 6.07) is 5.01. The van der Waals surface area contributed by atoms with Gasteiger partial charge in [0.05, 0.1) is 11.8 Å². The summed E-state index contributed by atoms with van der Waals surface area (Å²) in [6.07, 6.45) is 4.87. The minimum Gasteiger partial charge on any atom is -0.343 e. The zero-order chi connectivity index (χ0) is 21.0. The van der Waals surface area contributed by atoms with Gasteiger partial charge in [-0.05, 0) is 49.4 Å². The number of halogens is 1. The van der Waals surface area contributed by atoms with Crippen molar-refractivity contribution in [3.8, 4) is 11.4 Å². The molecule has 1 saturated carbocycles. The fourth-order valence-corrected chi connectivity index (χ4v) is 4.74. The Morgan fingerprint density at radius 1 is 1.20 bits per heavy atom. The molecule has 2 aliphatic carbocycles. The largest absolute Gasteiger partial charge is 0.343 e. The predicted octanol–water partition coefficient (Wildman–Crippen LogP) is 1.86. The molecule has 0 radical (unpaired) electrons. The number of imide groups is 1. The van der Waals surface area contributed by atoms with Gasteiger partial charge in [0, 0.05) is 5.56 Å². The molecule has 9 heteroatoms. The topological polar surface area (TPSA) is 105 Å². The number of fused-ring (bicyclic) bond motifs is 5. The molecule has 1 saturated heterocycles. The number of hydrogen-bond donors (Lipinski definition) is 1. The van der Waals surface area contributed by atoms with E-state index >= 15 is 0 Å². The SMILES string of the molecule is C[C@H](NC(=O)CN1C(=O)[C@@H]2[C@H](C1=O)[C@H]1C=C[C@H]2C1)c1nc(-c2ccc(F)cc2)no1. The highest BCUT2D eigenvalue weighted by atomic mass is 19.1. The monoisotopic (exact) mass is 410 g/mol. The van der Waals surface area contributed by atoms with Gasteiger partial charge in [0.15, 0.2) is 0 Å². The Morgan fingerprint density at radius 3 is 2.47 bits per heavy atom.